The number of H-pyrrole nitrogens is 1. The van der Waals surface area contributed by atoms with Gasteiger partial charge in [0.1, 0.15) is 11.8 Å². The van der Waals surface area contributed by atoms with E-state index in [1.807, 2.05) is 24.3 Å². The number of benzene rings is 1. The highest BCUT2D eigenvalue weighted by atomic mass is 35.5. The lowest BCUT2D eigenvalue weighted by atomic mass is 10.0. The summed E-state index contributed by atoms with van der Waals surface area (Å²) in [5, 5.41) is 4.17. The number of imidazole rings is 1. The molecule has 2 N–H and O–H groups in total. The number of nitrogens with one attached hydrogen (secondary N) is 2. The van der Waals surface area contributed by atoms with E-state index in [-0.39, 0.29) is 6.04 Å². The van der Waals surface area contributed by atoms with Crippen molar-refractivity contribution in [1.29, 1.82) is 0 Å². The molecular formula is C14H14ClN5. The molecule has 3 rings (SSSR count). The van der Waals surface area contributed by atoms with Crippen LogP contribution in [0.3, 0.4) is 0 Å². The smallest absolute Gasteiger partial charge is 0.182 e. The van der Waals surface area contributed by atoms with E-state index in [1.165, 1.54) is 11.9 Å². The molecule has 0 radical (unpaired) electrons. The van der Waals surface area contributed by atoms with Crippen LogP contribution in [0.25, 0.3) is 11.2 Å². The first-order valence-corrected chi connectivity index (χ1v) is 6.82. The SMILES string of the molecule is CC[C@H](Nc1ncnc2nc[nH]c12)c1ccc(Cl)cc1. The average molecular weight is 288 g/mol. The Balaban J connectivity index is 1.91. The van der Waals surface area contributed by atoms with Crippen LogP contribution in [0.15, 0.2) is 36.9 Å². The summed E-state index contributed by atoms with van der Waals surface area (Å²) >= 11 is 5.93. The van der Waals surface area contributed by atoms with Crippen LogP contribution in [0.1, 0.15) is 24.9 Å². The first-order valence-electron chi connectivity index (χ1n) is 6.44. The van der Waals surface area contributed by atoms with Crippen LogP contribution in [0.4, 0.5) is 5.82 Å². The normalized spacial score (nSPS) is 12.5. The van der Waals surface area contributed by atoms with E-state index in [9.17, 15) is 0 Å². The summed E-state index contributed by atoms with van der Waals surface area (Å²) in [6.45, 7) is 2.12. The van der Waals surface area contributed by atoms with Crippen LogP contribution in [-0.2, 0) is 0 Å². The molecule has 2 aromatic heterocycles. The number of rotatable bonds is 4. The monoisotopic (exact) mass is 287 g/mol. The lowest BCUT2D eigenvalue weighted by Gasteiger charge is -2.18. The molecule has 0 aliphatic rings. The van der Waals surface area contributed by atoms with Gasteiger partial charge in [-0.2, -0.15) is 0 Å². The molecule has 3 aromatic rings. The summed E-state index contributed by atoms with van der Waals surface area (Å²) in [5.74, 6) is 0.759. The highest BCUT2D eigenvalue weighted by molar-refractivity contribution is 6.30. The standard InChI is InChI=1S/C14H14ClN5/c1-2-11(9-3-5-10(15)6-4-9)20-14-12-13(17-7-16-12)18-8-19-14/h3-8,11H,2H2,1H3,(H2,16,17,18,19,20)/t11-/m0/s1. The van der Waals surface area contributed by atoms with Gasteiger partial charge in [0.2, 0.25) is 0 Å². The van der Waals surface area contributed by atoms with Gasteiger partial charge in [-0.3, -0.25) is 0 Å². The van der Waals surface area contributed by atoms with Crippen LogP contribution in [0.5, 0.6) is 0 Å². The quantitative estimate of drug-likeness (QED) is 0.770. The van der Waals surface area contributed by atoms with E-state index in [2.05, 4.69) is 32.2 Å². The maximum absolute atomic E-state index is 5.93. The number of aromatic nitrogens is 4. The molecule has 0 aliphatic carbocycles. The third kappa shape index (κ3) is 2.44. The summed E-state index contributed by atoms with van der Waals surface area (Å²) < 4.78 is 0. The zero-order valence-corrected chi connectivity index (χ0v) is 11.7. The molecule has 0 spiro atoms. The molecule has 0 unspecified atom stereocenters. The number of hydrogen-bond donors (Lipinski definition) is 2. The van der Waals surface area contributed by atoms with Gasteiger partial charge in [-0.05, 0) is 24.1 Å². The predicted octanol–water partition coefficient (Wildman–Crippen LogP) is 3.57. The first kappa shape index (κ1) is 12.9. The topological polar surface area (TPSA) is 66.5 Å². The van der Waals surface area contributed by atoms with Crippen LogP contribution >= 0.6 is 11.6 Å². The molecular weight excluding hydrogens is 274 g/mol. The molecule has 6 heteroatoms. The molecule has 0 fully saturated rings. The van der Waals surface area contributed by atoms with Crippen molar-refractivity contribution < 1.29 is 0 Å². The molecule has 2 heterocycles. The minimum Gasteiger partial charge on any atom is -0.361 e. The fraction of sp³-hybridized carbons (Fsp3) is 0.214. The van der Waals surface area contributed by atoms with Crippen molar-refractivity contribution in [3.8, 4) is 0 Å². The van der Waals surface area contributed by atoms with Crippen LogP contribution in [0.2, 0.25) is 5.02 Å². The molecule has 0 bridgehead atoms. The Morgan fingerprint density at radius 2 is 2.00 bits per heavy atom. The Morgan fingerprint density at radius 3 is 2.75 bits per heavy atom. The molecule has 0 amide bonds. The first-order chi connectivity index (χ1) is 9.78. The summed E-state index contributed by atoms with van der Waals surface area (Å²) in [7, 11) is 0. The minimum atomic E-state index is 0.161. The van der Waals surface area contributed by atoms with E-state index in [0.717, 1.165) is 22.8 Å². The van der Waals surface area contributed by atoms with Crippen LogP contribution < -0.4 is 5.32 Å². The van der Waals surface area contributed by atoms with E-state index in [0.29, 0.717) is 5.65 Å². The highest BCUT2D eigenvalue weighted by Crippen LogP contribution is 2.25. The van der Waals surface area contributed by atoms with Gasteiger partial charge in [0, 0.05) is 5.02 Å². The maximum atomic E-state index is 5.93. The van der Waals surface area contributed by atoms with Crippen molar-refractivity contribution in [2.45, 2.75) is 19.4 Å². The lowest BCUT2D eigenvalue weighted by molar-refractivity contribution is 0.745. The molecule has 1 aromatic carbocycles. The van der Waals surface area contributed by atoms with Gasteiger partial charge in [0.15, 0.2) is 11.5 Å². The molecule has 102 valence electrons. The fourth-order valence-corrected chi connectivity index (χ4v) is 2.28. The van der Waals surface area contributed by atoms with Gasteiger partial charge in [0.25, 0.3) is 0 Å². The Bertz CT molecular complexity index is 707. The number of anilines is 1. The zero-order chi connectivity index (χ0) is 13.9. The van der Waals surface area contributed by atoms with Crippen molar-refractivity contribution >= 4 is 28.6 Å². The molecule has 20 heavy (non-hydrogen) atoms. The third-order valence-corrected chi connectivity index (χ3v) is 3.47. The summed E-state index contributed by atoms with van der Waals surface area (Å²) in [5.41, 5.74) is 2.65. The molecule has 5 nitrogen and oxygen atoms in total. The van der Waals surface area contributed by atoms with Gasteiger partial charge in [-0.25, -0.2) is 15.0 Å². The second kappa shape index (κ2) is 5.46. The Labute approximate surface area is 121 Å². The highest BCUT2D eigenvalue weighted by Gasteiger charge is 2.13. The van der Waals surface area contributed by atoms with Crippen molar-refractivity contribution in [3.05, 3.63) is 47.5 Å². The number of fused-ring (bicyclic) bond motifs is 1. The number of aromatic amines is 1. The van der Waals surface area contributed by atoms with Gasteiger partial charge in [-0.15, -0.1) is 0 Å². The minimum absolute atomic E-state index is 0.161. The molecule has 0 saturated carbocycles. The largest absolute Gasteiger partial charge is 0.361 e. The van der Waals surface area contributed by atoms with Crippen molar-refractivity contribution in [2.75, 3.05) is 5.32 Å². The molecule has 0 aliphatic heterocycles. The van der Waals surface area contributed by atoms with E-state index in [1.54, 1.807) is 6.33 Å². The Hall–Kier alpha value is -2.14. The van der Waals surface area contributed by atoms with E-state index in [4.69, 9.17) is 11.6 Å². The Kier molecular flexibility index (Phi) is 3.52. The van der Waals surface area contributed by atoms with Crippen molar-refractivity contribution in [1.82, 2.24) is 19.9 Å². The van der Waals surface area contributed by atoms with Crippen LogP contribution in [-0.4, -0.2) is 19.9 Å². The predicted molar refractivity (Wildman–Crippen MR) is 79.8 cm³/mol. The zero-order valence-electron chi connectivity index (χ0n) is 11.0. The summed E-state index contributed by atoms with van der Waals surface area (Å²) in [6.07, 6.45) is 4.06. The van der Waals surface area contributed by atoms with Gasteiger partial charge < -0.3 is 10.3 Å². The second-order valence-electron chi connectivity index (χ2n) is 4.48. The summed E-state index contributed by atoms with van der Waals surface area (Å²) in [6, 6.07) is 8.00. The van der Waals surface area contributed by atoms with Gasteiger partial charge in [-0.1, -0.05) is 30.7 Å². The fourth-order valence-electron chi connectivity index (χ4n) is 2.16. The van der Waals surface area contributed by atoms with Crippen molar-refractivity contribution in [3.63, 3.8) is 0 Å². The third-order valence-electron chi connectivity index (χ3n) is 3.21. The molecule has 0 saturated heterocycles. The van der Waals surface area contributed by atoms with Gasteiger partial charge >= 0.3 is 0 Å². The van der Waals surface area contributed by atoms with E-state index >= 15 is 0 Å². The lowest BCUT2D eigenvalue weighted by Crippen LogP contribution is -2.11. The van der Waals surface area contributed by atoms with Gasteiger partial charge in [0.05, 0.1) is 12.4 Å². The maximum Gasteiger partial charge on any atom is 0.182 e. The van der Waals surface area contributed by atoms with Crippen molar-refractivity contribution in [2.24, 2.45) is 0 Å². The molecule has 1 atom stereocenters. The average Bonchev–Trinajstić information content (AvgIpc) is 2.95. The van der Waals surface area contributed by atoms with E-state index < -0.39 is 0 Å². The number of nitrogens with zero attached hydrogens (tertiary/aromatic N) is 3. The number of halogens is 1. The number of hydrogen-bond acceptors (Lipinski definition) is 4. The second-order valence-corrected chi connectivity index (χ2v) is 4.92. The van der Waals surface area contributed by atoms with Crippen LogP contribution in [0, 0.1) is 0 Å². The Morgan fingerprint density at radius 1 is 1.20 bits per heavy atom. The summed E-state index contributed by atoms with van der Waals surface area (Å²) in [4.78, 5) is 15.6.